The summed E-state index contributed by atoms with van der Waals surface area (Å²) in [6.07, 6.45) is 19.1. The number of hydrogen-bond donors (Lipinski definition) is 3. The van der Waals surface area contributed by atoms with Crippen LogP contribution in [0.5, 0.6) is 0 Å². The van der Waals surface area contributed by atoms with Crippen molar-refractivity contribution in [2.45, 2.75) is 122 Å². The number of carbonyl (C=O) groups excluding carboxylic acids is 1. The van der Waals surface area contributed by atoms with Crippen LogP contribution in [0.25, 0.3) is 0 Å². The van der Waals surface area contributed by atoms with Crippen LogP contribution in [0.15, 0.2) is 12.2 Å². The van der Waals surface area contributed by atoms with Crippen LogP contribution in [0.2, 0.25) is 0 Å². The van der Waals surface area contributed by atoms with Crippen molar-refractivity contribution in [2.24, 2.45) is 0 Å². The third-order valence-electron chi connectivity index (χ3n) is 6.26. The smallest absolute Gasteiger partial charge is 0.387 e. The molecule has 0 aromatic heterocycles. The Labute approximate surface area is 227 Å². The van der Waals surface area contributed by atoms with Gasteiger partial charge in [-0.2, -0.15) is 0 Å². The van der Waals surface area contributed by atoms with Crippen LogP contribution < -0.4 is 5.32 Å². The fourth-order valence-electron chi connectivity index (χ4n) is 3.80. The van der Waals surface area contributed by atoms with Crippen molar-refractivity contribution in [1.82, 2.24) is 5.32 Å². The number of nitrogens with one attached hydrogen (secondary N) is 1. The van der Waals surface area contributed by atoms with Gasteiger partial charge in [0.25, 0.3) is 0 Å². The second kappa shape index (κ2) is 22.1. The van der Waals surface area contributed by atoms with Crippen LogP contribution in [-0.4, -0.2) is 73.4 Å². The molecule has 3 unspecified atom stereocenters. The number of hydrogen-bond acceptors (Lipinski definition) is 5. The molecule has 37 heavy (non-hydrogen) atoms. The molecule has 0 aliphatic heterocycles. The van der Waals surface area contributed by atoms with E-state index in [0.29, 0.717) is 17.4 Å². The highest BCUT2D eigenvalue weighted by molar-refractivity contribution is 7.47. The van der Waals surface area contributed by atoms with Gasteiger partial charge in [-0.05, 0) is 19.3 Å². The largest absolute Gasteiger partial charge is 0.472 e. The number of amides is 1. The first-order valence-electron chi connectivity index (χ1n) is 14.6. The predicted molar refractivity (Wildman–Crippen MR) is 152 cm³/mol. The monoisotopic (exact) mass is 549 g/mol. The summed E-state index contributed by atoms with van der Waals surface area (Å²) >= 11 is 0. The molecule has 0 aliphatic carbocycles. The molecule has 0 aliphatic rings. The number of nitrogens with zero attached hydrogens (tertiary/aromatic N) is 1. The molecule has 1 amide bonds. The van der Waals surface area contributed by atoms with Crippen molar-refractivity contribution >= 4 is 13.7 Å². The first-order chi connectivity index (χ1) is 17.5. The van der Waals surface area contributed by atoms with E-state index in [1.165, 1.54) is 51.4 Å². The second-order valence-corrected chi connectivity index (χ2v) is 12.6. The van der Waals surface area contributed by atoms with Crippen LogP contribution in [0, 0.1) is 0 Å². The Bertz CT molecular complexity index is 639. The molecule has 0 saturated carbocycles. The molecule has 220 valence electrons. The summed E-state index contributed by atoms with van der Waals surface area (Å²) in [5.74, 6) is -0.206. The minimum atomic E-state index is -4.30. The molecule has 3 atom stereocenters. The topological polar surface area (TPSA) is 105 Å². The average Bonchev–Trinajstić information content (AvgIpc) is 2.81. The lowest BCUT2D eigenvalue weighted by molar-refractivity contribution is -0.870. The van der Waals surface area contributed by atoms with E-state index in [0.717, 1.165) is 38.5 Å². The first kappa shape index (κ1) is 36.2. The number of unbranched alkanes of at least 4 members (excludes halogenated alkanes) is 12. The van der Waals surface area contributed by atoms with E-state index in [4.69, 9.17) is 9.05 Å². The number of carbonyl (C=O) groups is 1. The molecule has 9 heteroatoms. The van der Waals surface area contributed by atoms with E-state index in [1.54, 1.807) is 6.08 Å². The van der Waals surface area contributed by atoms with Gasteiger partial charge in [0.1, 0.15) is 13.2 Å². The highest BCUT2D eigenvalue weighted by atomic mass is 31.2. The molecule has 0 bridgehead atoms. The van der Waals surface area contributed by atoms with Crippen molar-refractivity contribution in [3.05, 3.63) is 12.2 Å². The molecule has 8 nitrogen and oxygen atoms in total. The van der Waals surface area contributed by atoms with Crippen molar-refractivity contribution in [3.63, 3.8) is 0 Å². The summed E-state index contributed by atoms with van der Waals surface area (Å²) in [4.78, 5) is 22.4. The van der Waals surface area contributed by atoms with Crippen LogP contribution in [0.4, 0.5) is 0 Å². The van der Waals surface area contributed by atoms with Crippen LogP contribution >= 0.6 is 7.82 Å². The van der Waals surface area contributed by atoms with Crippen molar-refractivity contribution in [1.29, 1.82) is 0 Å². The van der Waals surface area contributed by atoms with Crippen LogP contribution in [-0.2, 0) is 18.4 Å². The van der Waals surface area contributed by atoms with Gasteiger partial charge in [0.15, 0.2) is 0 Å². The predicted octanol–water partition coefficient (Wildman–Crippen LogP) is 6.12. The summed E-state index contributed by atoms with van der Waals surface area (Å²) in [6.45, 7) is 4.59. The summed E-state index contributed by atoms with van der Waals surface area (Å²) in [7, 11) is 1.56. The van der Waals surface area contributed by atoms with Gasteiger partial charge >= 0.3 is 7.82 Å². The van der Waals surface area contributed by atoms with E-state index in [2.05, 4.69) is 19.2 Å². The number of allylic oxidation sites excluding steroid dienone is 1. The maximum absolute atomic E-state index is 12.3. The maximum atomic E-state index is 12.3. The summed E-state index contributed by atoms with van der Waals surface area (Å²) < 4.78 is 23.1. The Hall–Kier alpha value is -0.760. The zero-order valence-electron chi connectivity index (χ0n) is 24.5. The Balaban J connectivity index is 4.54. The Morgan fingerprint density at radius 3 is 2.00 bits per heavy atom. The van der Waals surface area contributed by atoms with Gasteiger partial charge in [-0.25, -0.2) is 4.57 Å². The van der Waals surface area contributed by atoms with Crippen LogP contribution in [0.3, 0.4) is 0 Å². The van der Waals surface area contributed by atoms with Crippen LogP contribution in [0.1, 0.15) is 110 Å². The minimum absolute atomic E-state index is 0.0621. The summed E-state index contributed by atoms with van der Waals surface area (Å²) in [5.41, 5.74) is 0. The van der Waals surface area contributed by atoms with Gasteiger partial charge in [-0.3, -0.25) is 13.8 Å². The number of rotatable bonds is 25. The lowest BCUT2D eigenvalue weighted by Gasteiger charge is -2.25. The number of aliphatic hydroxyl groups excluding tert-OH is 1. The molecular formula is C28H58N2O6P+. The standard InChI is InChI=1S/C28H57N2O6P/c1-6-8-10-11-12-13-14-15-16-17-18-20-21-27(31)26(29-28(32)22-19-9-7-2)25-36-37(33,34)35-24-23-30(3,4)5/h20-21,26-27,31H,6-19,22-25H2,1-5H3,(H-,29,32,33,34)/p+1/b21-20+. The SMILES string of the molecule is CCCCCCCCCCCC/C=C/C(O)C(COP(=O)(O)OCC[N+](C)(C)C)NC(=O)CCCCC. The molecule has 0 rings (SSSR count). The molecule has 0 aromatic carbocycles. The van der Waals surface area contributed by atoms with Gasteiger partial charge in [0.2, 0.25) is 5.91 Å². The normalized spacial score (nSPS) is 15.5. The lowest BCUT2D eigenvalue weighted by atomic mass is 10.1. The van der Waals surface area contributed by atoms with Gasteiger partial charge in [0.05, 0.1) is 39.9 Å². The Morgan fingerprint density at radius 1 is 0.892 bits per heavy atom. The van der Waals surface area contributed by atoms with E-state index < -0.39 is 20.0 Å². The molecule has 0 heterocycles. The number of phosphoric acid groups is 1. The zero-order valence-corrected chi connectivity index (χ0v) is 25.4. The fraction of sp³-hybridized carbons (Fsp3) is 0.893. The summed E-state index contributed by atoms with van der Waals surface area (Å²) in [6, 6.07) is -0.833. The molecule has 0 aromatic rings. The number of quaternary nitrogens is 1. The molecule has 0 radical (unpaired) electrons. The summed E-state index contributed by atoms with van der Waals surface area (Å²) in [5, 5.41) is 13.4. The molecule has 3 N–H and O–H groups in total. The fourth-order valence-corrected chi connectivity index (χ4v) is 4.54. The second-order valence-electron chi connectivity index (χ2n) is 11.1. The van der Waals surface area contributed by atoms with E-state index >= 15 is 0 Å². The molecule has 0 saturated heterocycles. The average molecular weight is 550 g/mol. The van der Waals surface area contributed by atoms with Gasteiger partial charge < -0.3 is 19.8 Å². The van der Waals surface area contributed by atoms with E-state index in [-0.39, 0.29) is 19.1 Å². The number of likely N-dealkylation sites (N-methyl/N-ethyl adjacent to an activating group) is 1. The Kier molecular flexibility index (Phi) is 21.6. The van der Waals surface area contributed by atoms with Crippen molar-refractivity contribution in [3.8, 4) is 0 Å². The van der Waals surface area contributed by atoms with Gasteiger partial charge in [-0.15, -0.1) is 0 Å². The third kappa shape index (κ3) is 24.0. The van der Waals surface area contributed by atoms with Crippen molar-refractivity contribution < 1.29 is 32.9 Å². The molecular weight excluding hydrogens is 491 g/mol. The van der Waals surface area contributed by atoms with Crippen molar-refractivity contribution in [2.75, 3.05) is 40.9 Å². The quantitative estimate of drug-likeness (QED) is 0.0548. The minimum Gasteiger partial charge on any atom is -0.387 e. The molecule has 0 spiro atoms. The first-order valence-corrected chi connectivity index (χ1v) is 16.1. The number of aliphatic hydroxyl groups is 1. The van der Waals surface area contributed by atoms with Gasteiger partial charge in [0, 0.05) is 6.42 Å². The highest BCUT2D eigenvalue weighted by Gasteiger charge is 2.27. The third-order valence-corrected chi connectivity index (χ3v) is 7.24. The number of phosphoric ester groups is 1. The lowest BCUT2D eigenvalue weighted by Crippen LogP contribution is -2.45. The zero-order chi connectivity index (χ0) is 28.0. The maximum Gasteiger partial charge on any atom is 0.472 e. The van der Waals surface area contributed by atoms with E-state index in [9.17, 15) is 19.4 Å². The van der Waals surface area contributed by atoms with E-state index in [1.807, 2.05) is 27.2 Å². The molecule has 0 fully saturated rings. The Morgan fingerprint density at radius 2 is 1.43 bits per heavy atom. The highest BCUT2D eigenvalue weighted by Crippen LogP contribution is 2.43. The van der Waals surface area contributed by atoms with Gasteiger partial charge in [-0.1, -0.05) is 96.6 Å².